The molecule has 0 N–H and O–H groups in total. The van der Waals surface area contributed by atoms with Crippen LogP contribution in [0.4, 0.5) is 28.6 Å². The minimum absolute atomic E-state index is 0. The number of aryl methyl sites for hydroxylation is 1. The predicted molar refractivity (Wildman–Crippen MR) is 202 cm³/mol. The first-order chi connectivity index (χ1) is 23.8. The summed E-state index contributed by atoms with van der Waals surface area (Å²) >= 11 is -0.622. The van der Waals surface area contributed by atoms with E-state index in [-0.39, 0.29) is 26.5 Å². The van der Waals surface area contributed by atoms with Crippen LogP contribution in [-0.4, -0.2) is 25.9 Å². The minimum atomic E-state index is -0.622. The van der Waals surface area contributed by atoms with Crippen molar-refractivity contribution >= 4 is 56.7 Å². The fraction of sp³-hybridized carbons (Fsp3) is 0.116. The normalized spacial score (nSPS) is 13.5. The molecule has 0 atom stereocenters. The molecule has 1 aromatic heterocycles. The molecule has 0 amide bonds. The summed E-state index contributed by atoms with van der Waals surface area (Å²) in [6, 6.07) is 47.2. The number of hydrogen-bond donors (Lipinski definition) is 0. The van der Waals surface area contributed by atoms with Gasteiger partial charge in [-0.2, -0.15) is 0 Å². The van der Waals surface area contributed by atoms with E-state index in [0.717, 1.165) is 34.0 Å². The molecule has 7 heteroatoms. The third kappa shape index (κ3) is 6.73. The van der Waals surface area contributed by atoms with Crippen LogP contribution in [0.1, 0.15) is 31.9 Å². The van der Waals surface area contributed by atoms with Crippen LogP contribution >= 0.6 is 0 Å². The standard InChI is InChI=1S/C43H35N4OTe.Pt/c1-30-25-42(44-28-35(30)31-13-6-5-7-14-31)47-38-19-10-11-20-40(38)49-41-22-21-34(27-39(41)47)48-33-16-12-15-32(26-33)45-23-24-46(29-45)37-18-9-8-17-36(37)43(2,3)4;/h5-25,28-29H,1-4H3;/q-3;. The summed E-state index contributed by atoms with van der Waals surface area (Å²) in [5.74, 6) is 2.14. The Hall–Kier alpha value is -4.33. The molecule has 5 aromatic carbocycles. The molecule has 0 spiro atoms. The third-order valence-electron chi connectivity index (χ3n) is 8.70. The molecule has 252 valence electrons. The molecule has 50 heavy (non-hydrogen) atoms. The summed E-state index contributed by atoms with van der Waals surface area (Å²) in [4.78, 5) is 11.5. The summed E-state index contributed by atoms with van der Waals surface area (Å²) in [6.45, 7) is 11.0. The van der Waals surface area contributed by atoms with Gasteiger partial charge >= 0.3 is 245 Å². The minimum Gasteiger partial charge on any atom is 0 e. The van der Waals surface area contributed by atoms with Crippen LogP contribution in [0.15, 0.2) is 134 Å². The Balaban J connectivity index is 0.00000392. The van der Waals surface area contributed by atoms with E-state index in [1.165, 1.54) is 24.0 Å². The van der Waals surface area contributed by atoms with E-state index < -0.39 is 20.9 Å². The van der Waals surface area contributed by atoms with Gasteiger partial charge < -0.3 is 0 Å². The van der Waals surface area contributed by atoms with Gasteiger partial charge in [-0.25, -0.2) is 0 Å². The van der Waals surface area contributed by atoms with Gasteiger partial charge in [0.25, 0.3) is 0 Å². The number of para-hydroxylation sites is 2. The molecule has 8 rings (SSSR count). The first-order valence-corrected chi connectivity index (χ1v) is 18.7. The Morgan fingerprint density at radius 3 is 2.24 bits per heavy atom. The Morgan fingerprint density at radius 1 is 0.720 bits per heavy atom. The number of benzene rings is 5. The molecule has 0 fully saturated rings. The third-order valence-corrected chi connectivity index (χ3v) is 11.9. The molecule has 2 aliphatic heterocycles. The fourth-order valence-corrected chi connectivity index (χ4v) is 9.20. The maximum atomic E-state index is 6.47. The van der Waals surface area contributed by atoms with E-state index in [1.54, 1.807) is 0 Å². The molecule has 0 saturated heterocycles. The number of fused-ring (bicyclic) bond motifs is 2. The van der Waals surface area contributed by atoms with Crippen LogP contribution < -0.4 is 26.7 Å². The summed E-state index contributed by atoms with van der Waals surface area (Å²) in [5, 5.41) is 0. The SMILES string of the molecule is Cc1cc(N2c3[c-]c(Oc4[c-]c(N5C=CN(c6ccccc6C(C)(C)C)[CH-]5)ccc4)ccc3[Te]c3ccccc32)ncc1-c1ccccc1.[Pt]. The van der Waals surface area contributed by atoms with Crippen molar-refractivity contribution < 1.29 is 25.8 Å². The van der Waals surface area contributed by atoms with Gasteiger partial charge in [-0.3, -0.25) is 0 Å². The average molecular weight is 946 g/mol. The second-order valence-corrected chi connectivity index (χ2v) is 16.3. The Bertz CT molecular complexity index is 2200. The molecule has 6 aromatic rings. The zero-order valence-electron chi connectivity index (χ0n) is 28.2. The molecule has 5 nitrogen and oxygen atoms in total. The van der Waals surface area contributed by atoms with E-state index >= 15 is 0 Å². The number of pyridine rings is 1. The van der Waals surface area contributed by atoms with Gasteiger partial charge in [0, 0.05) is 21.1 Å². The van der Waals surface area contributed by atoms with Gasteiger partial charge in [-0.1, -0.05) is 39.0 Å². The van der Waals surface area contributed by atoms with Crippen LogP contribution in [0.25, 0.3) is 11.1 Å². The number of anilines is 5. The Morgan fingerprint density at radius 2 is 1.44 bits per heavy atom. The zero-order chi connectivity index (χ0) is 33.5. The first kappa shape index (κ1) is 34.1. The van der Waals surface area contributed by atoms with Crippen LogP contribution in [0.5, 0.6) is 11.5 Å². The van der Waals surface area contributed by atoms with Crippen molar-refractivity contribution in [1.82, 2.24) is 4.98 Å². The molecular formula is C43H35N4OPtTe-3. The second kappa shape index (κ2) is 14.1. The molecule has 0 aliphatic carbocycles. The van der Waals surface area contributed by atoms with Crippen LogP contribution in [-0.2, 0) is 26.5 Å². The van der Waals surface area contributed by atoms with Crippen molar-refractivity contribution in [2.45, 2.75) is 33.1 Å². The monoisotopic (exact) mass is 948 g/mol. The maximum Gasteiger partial charge on any atom is 0 e. The number of rotatable bonds is 6. The largest absolute Gasteiger partial charge is 0 e. The van der Waals surface area contributed by atoms with Gasteiger partial charge in [-0.15, -0.1) is 0 Å². The van der Waals surface area contributed by atoms with E-state index in [1.807, 2.05) is 36.5 Å². The van der Waals surface area contributed by atoms with Crippen molar-refractivity contribution in [3.05, 3.63) is 164 Å². The quantitative estimate of drug-likeness (QED) is 0.123. The second-order valence-electron chi connectivity index (χ2n) is 13.2. The number of aromatic nitrogens is 1. The van der Waals surface area contributed by atoms with E-state index in [9.17, 15) is 0 Å². The van der Waals surface area contributed by atoms with Crippen molar-refractivity contribution in [3.63, 3.8) is 0 Å². The van der Waals surface area contributed by atoms with Gasteiger partial charge in [0.05, 0.1) is 0 Å². The average Bonchev–Trinajstić information content (AvgIpc) is 3.61. The van der Waals surface area contributed by atoms with E-state index in [2.05, 4.69) is 159 Å². The molecular weight excluding hydrogens is 911 g/mol. The summed E-state index contributed by atoms with van der Waals surface area (Å²) in [7, 11) is 0. The summed E-state index contributed by atoms with van der Waals surface area (Å²) in [5.41, 5.74) is 9.00. The molecule has 3 heterocycles. The summed E-state index contributed by atoms with van der Waals surface area (Å²) in [6.07, 6.45) is 6.13. The smallest absolute Gasteiger partial charge is 0 e. The van der Waals surface area contributed by atoms with Crippen LogP contribution in [0, 0.1) is 25.7 Å². The maximum absolute atomic E-state index is 6.47. The molecule has 2 aliphatic rings. The molecule has 0 unspecified atom stereocenters. The van der Waals surface area contributed by atoms with Gasteiger partial charge in [0.2, 0.25) is 0 Å². The molecule has 0 radical (unpaired) electrons. The molecule has 0 saturated carbocycles. The van der Waals surface area contributed by atoms with Crippen LogP contribution in [0.2, 0.25) is 0 Å². The van der Waals surface area contributed by atoms with Crippen molar-refractivity contribution in [2.24, 2.45) is 0 Å². The van der Waals surface area contributed by atoms with Crippen molar-refractivity contribution in [3.8, 4) is 22.6 Å². The van der Waals surface area contributed by atoms with Crippen molar-refractivity contribution in [2.75, 3.05) is 14.7 Å². The topological polar surface area (TPSA) is 31.8 Å². The van der Waals surface area contributed by atoms with Gasteiger partial charge in [-0.05, 0) is 17.0 Å². The fourth-order valence-electron chi connectivity index (χ4n) is 6.28. The van der Waals surface area contributed by atoms with E-state index in [4.69, 9.17) is 9.72 Å². The van der Waals surface area contributed by atoms with Crippen molar-refractivity contribution in [1.29, 1.82) is 0 Å². The number of nitrogens with zero attached hydrogens (tertiary/aromatic N) is 4. The van der Waals surface area contributed by atoms with Gasteiger partial charge in [0.15, 0.2) is 0 Å². The van der Waals surface area contributed by atoms with Crippen LogP contribution in [0.3, 0.4) is 0 Å². The first-order valence-electron chi connectivity index (χ1n) is 16.4. The Kier molecular flexibility index (Phi) is 9.64. The number of ether oxygens (including phenoxy) is 1. The summed E-state index contributed by atoms with van der Waals surface area (Å²) < 4.78 is 9.15. The molecule has 0 bridgehead atoms. The number of hydrogen-bond acceptors (Lipinski definition) is 5. The predicted octanol–water partition coefficient (Wildman–Crippen LogP) is 9.10. The zero-order valence-corrected chi connectivity index (χ0v) is 32.8. The Labute approximate surface area is 319 Å². The van der Waals surface area contributed by atoms with Gasteiger partial charge in [0.1, 0.15) is 0 Å². The van der Waals surface area contributed by atoms with E-state index in [0.29, 0.717) is 11.5 Å².